The Morgan fingerprint density at radius 1 is 1.40 bits per heavy atom. The Morgan fingerprint density at radius 3 is 2.65 bits per heavy atom. The van der Waals surface area contributed by atoms with Crippen LogP contribution in [0.3, 0.4) is 0 Å². The first kappa shape index (κ1) is 15.0. The maximum Gasteiger partial charge on any atom is 0.226 e. The molecule has 0 saturated heterocycles. The van der Waals surface area contributed by atoms with Crippen LogP contribution in [0.2, 0.25) is 5.28 Å². The van der Waals surface area contributed by atoms with Crippen molar-refractivity contribution >= 4 is 28.5 Å². The highest BCUT2D eigenvalue weighted by Crippen LogP contribution is 2.26. The number of nitrogens with zero attached hydrogens (tertiary/aromatic N) is 4. The van der Waals surface area contributed by atoms with E-state index < -0.39 is 0 Å². The van der Waals surface area contributed by atoms with Crippen molar-refractivity contribution in [2.24, 2.45) is 0 Å². The molecule has 1 atom stereocenters. The van der Waals surface area contributed by atoms with Crippen LogP contribution in [-0.4, -0.2) is 37.5 Å². The number of aromatic nitrogens is 4. The van der Waals surface area contributed by atoms with Crippen molar-refractivity contribution in [2.45, 2.75) is 45.7 Å². The van der Waals surface area contributed by atoms with Gasteiger partial charge in [0.2, 0.25) is 5.28 Å². The molecule has 0 saturated carbocycles. The molecule has 7 heteroatoms. The molecule has 0 radical (unpaired) electrons. The van der Waals surface area contributed by atoms with Crippen molar-refractivity contribution in [1.82, 2.24) is 19.7 Å². The van der Waals surface area contributed by atoms with Gasteiger partial charge in [0, 0.05) is 0 Å². The summed E-state index contributed by atoms with van der Waals surface area (Å²) in [7, 11) is 0. The molecule has 2 rings (SSSR count). The van der Waals surface area contributed by atoms with Crippen molar-refractivity contribution in [3.05, 3.63) is 11.5 Å². The number of fused-ring (bicyclic) bond motifs is 1. The van der Waals surface area contributed by atoms with E-state index in [4.69, 9.17) is 11.6 Å². The van der Waals surface area contributed by atoms with Crippen LogP contribution in [0.5, 0.6) is 0 Å². The summed E-state index contributed by atoms with van der Waals surface area (Å²) in [5.41, 5.74) is 0.491. The summed E-state index contributed by atoms with van der Waals surface area (Å²) in [6.45, 7) is 8.17. The highest BCUT2D eigenvalue weighted by molar-refractivity contribution is 6.28. The maximum atomic E-state index is 9.30. The van der Waals surface area contributed by atoms with Crippen LogP contribution < -0.4 is 5.32 Å². The fourth-order valence-electron chi connectivity index (χ4n) is 1.95. The van der Waals surface area contributed by atoms with E-state index in [0.29, 0.717) is 11.5 Å². The molecule has 0 aromatic carbocycles. The van der Waals surface area contributed by atoms with Crippen molar-refractivity contribution < 1.29 is 5.11 Å². The van der Waals surface area contributed by atoms with E-state index in [1.165, 1.54) is 0 Å². The quantitative estimate of drug-likeness (QED) is 0.848. The Labute approximate surface area is 123 Å². The Kier molecular flexibility index (Phi) is 4.15. The standard InChI is InChI=1S/C13H20ClN5O/c1-5-8(7-20)16-10-9-6-15-19(13(2,3)4)11(9)18-12(14)17-10/h6,8,20H,5,7H2,1-4H3,(H,16,17,18). The van der Waals surface area contributed by atoms with Gasteiger partial charge >= 0.3 is 0 Å². The van der Waals surface area contributed by atoms with Crippen LogP contribution in [0.25, 0.3) is 11.0 Å². The van der Waals surface area contributed by atoms with Crippen LogP contribution in [-0.2, 0) is 5.54 Å². The molecular weight excluding hydrogens is 278 g/mol. The number of nitrogens with one attached hydrogen (secondary N) is 1. The fourth-order valence-corrected chi connectivity index (χ4v) is 2.12. The monoisotopic (exact) mass is 297 g/mol. The van der Waals surface area contributed by atoms with Gasteiger partial charge in [-0.2, -0.15) is 15.1 Å². The molecule has 0 aliphatic heterocycles. The average molecular weight is 298 g/mol. The Morgan fingerprint density at radius 2 is 2.10 bits per heavy atom. The Balaban J connectivity index is 2.54. The van der Waals surface area contributed by atoms with E-state index in [-0.39, 0.29) is 23.5 Å². The Bertz CT molecular complexity index is 601. The summed E-state index contributed by atoms with van der Waals surface area (Å²) in [6, 6.07) is -0.0675. The molecule has 0 spiro atoms. The molecule has 6 nitrogen and oxygen atoms in total. The Hall–Kier alpha value is -1.40. The molecule has 0 bridgehead atoms. The van der Waals surface area contributed by atoms with Crippen LogP contribution in [0.4, 0.5) is 5.82 Å². The molecule has 2 aromatic heterocycles. The molecular formula is C13H20ClN5O. The summed E-state index contributed by atoms with van der Waals surface area (Å²) in [6.07, 6.45) is 2.51. The second-order valence-electron chi connectivity index (χ2n) is 5.74. The topological polar surface area (TPSA) is 75.9 Å². The number of aliphatic hydroxyl groups excluding tert-OH is 1. The fraction of sp³-hybridized carbons (Fsp3) is 0.615. The van der Waals surface area contributed by atoms with Crippen LogP contribution in [0.15, 0.2) is 6.20 Å². The average Bonchev–Trinajstić information content (AvgIpc) is 2.79. The molecule has 0 amide bonds. The first-order chi connectivity index (χ1) is 9.36. The zero-order valence-electron chi connectivity index (χ0n) is 12.2. The van der Waals surface area contributed by atoms with Crippen molar-refractivity contribution in [3.63, 3.8) is 0 Å². The zero-order chi connectivity index (χ0) is 14.9. The van der Waals surface area contributed by atoms with Gasteiger partial charge in [0.25, 0.3) is 0 Å². The first-order valence-electron chi connectivity index (χ1n) is 6.66. The molecule has 110 valence electrons. The molecule has 0 aliphatic carbocycles. The van der Waals surface area contributed by atoms with Gasteiger partial charge in [-0.1, -0.05) is 6.92 Å². The molecule has 0 aliphatic rings. The molecule has 2 aromatic rings. The molecule has 1 unspecified atom stereocenters. The third kappa shape index (κ3) is 2.86. The van der Waals surface area contributed by atoms with Gasteiger partial charge in [-0.05, 0) is 38.8 Å². The number of hydrogen-bond acceptors (Lipinski definition) is 5. The van der Waals surface area contributed by atoms with Crippen LogP contribution in [0.1, 0.15) is 34.1 Å². The van der Waals surface area contributed by atoms with E-state index in [1.807, 2.05) is 32.4 Å². The second kappa shape index (κ2) is 5.54. The van der Waals surface area contributed by atoms with E-state index >= 15 is 0 Å². The minimum atomic E-state index is -0.197. The highest BCUT2D eigenvalue weighted by atomic mass is 35.5. The number of halogens is 1. The lowest BCUT2D eigenvalue weighted by Gasteiger charge is -2.20. The smallest absolute Gasteiger partial charge is 0.226 e. The number of anilines is 1. The predicted molar refractivity (Wildman–Crippen MR) is 80.1 cm³/mol. The maximum absolute atomic E-state index is 9.30. The molecule has 20 heavy (non-hydrogen) atoms. The van der Waals surface area contributed by atoms with E-state index in [0.717, 1.165) is 11.8 Å². The second-order valence-corrected chi connectivity index (χ2v) is 6.08. The van der Waals surface area contributed by atoms with Gasteiger partial charge in [-0.3, -0.25) is 0 Å². The van der Waals surface area contributed by atoms with Gasteiger partial charge in [0.05, 0.1) is 29.8 Å². The van der Waals surface area contributed by atoms with Crippen LogP contribution >= 0.6 is 11.6 Å². The SMILES string of the molecule is CCC(CO)Nc1nc(Cl)nc2c1cnn2C(C)(C)C. The van der Waals surface area contributed by atoms with E-state index in [1.54, 1.807) is 6.20 Å². The highest BCUT2D eigenvalue weighted by Gasteiger charge is 2.21. The summed E-state index contributed by atoms with van der Waals surface area (Å²) in [4.78, 5) is 8.49. The van der Waals surface area contributed by atoms with Gasteiger partial charge in [0.1, 0.15) is 5.82 Å². The van der Waals surface area contributed by atoms with E-state index in [9.17, 15) is 5.11 Å². The predicted octanol–water partition coefficient (Wildman–Crippen LogP) is 2.42. The number of rotatable bonds is 4. The summed E-state index contributed by atoms with van der Waals surface area (Å²) in [5.74, 6) is 0.608. The van der Waals surface area contributed by atoms with Gasteiger partial charge in [-0.15, -0.1) is 0 Å². The zero-order valence-corrected chi connectivity index (χ0v) is 12.9. The van der Waals surface area contributed by atoms with Crippen molar-refractivity contribution in [1.29, 1.82) is 0 Å². The minimum absolute atomic E-state index is 0.0347. The normalized spacial score (nSPS) is 13.7. The largest absolute Gasteiger partial charge is 0.394 e. The minimum Gasteiger partial charge on any atom is -0.394 e. The molecule has 2 heterocycles. The lowest BCUT2D eigenvalue weighted by Crippen LogP contribution is -2.24. The molecule has 0 fully saturated rings. The first-order valence-corrected chi connectivity index (χ1v) is 7.03. The third-order valence-corrected chi connectivity index (χ3v) is 3.26. The van der Waals surface area contributed by atoms with Crippen molar-refractivity contribution in [3.8, 4) is 0 Å². The lowest BCUT2D eigenvalue weighted by molar-refractivity contribution is 0.271. The number of aliphatic hydroxyl groups is 1. The van der Waals surface area contributed by atoms with Crippen LogP contribution in [0, 0.1) is 0 Å². The number of hydrogen-bond donors (Lipinski definition) is 2. The summed E-state index contributed by atoms with van der Waals surface area (Å²) in [5, 5.41) is 17.8. The van der Waals surface area contributed by atoms with E-state index in [2.05, 4.69) is 20.4 Å². The summed E-state index contributed by atoms with van der Waals surface area (Å²) >= 11 is 6.01. The third-order valence-electron chi connectivity index (χ3n) is 3.09. The van der Waals surface area contributed by atoms with Crippen molar-refractivity contribution in [2.75, 3.05) is 11.9 Å². The summed E-state index contributed by atoms with van der Waals surface area (Å²) < 4.78 is 1.82. The van der Waals surface area contributed by atoms with Gasteiger partial charge < -0.3 is 10.4 Å². The lowest BCUT2D eigenvalue weighted by atomic mass is 10.1. The van der Waals surface area contributed by atoms with Gasteiger partial charge in [-0.25, -0.2) is 4.68 Å². The van der Waals surface area contributed by atoms with Gasteiger partial charge in [0.15, 0.2) is 5.65 Å². The molecule has 2 N–H and O–H groups in total.